The number of carbonyl (C=O) groups excluding carboxylic acids is 1. The lowest BCUT2D eigenvalue weighted by Gasteiger charge is -2.07. The predicted octanol–water partition coefficient (Wildman–Crippen LogP) is 1.84. The van der Waals surface area contributed by atoms with Crippen molar-refractivity contribution in [1.29, 1.82) is 0 Å². The minimum atomic E-state index is -0.305. The average Bonchev–Trinajstić information content (AvgIpc) is 3.00. The zero-order valence-electron chi connectivity index (χ0n) is 12.5. The van der Waals surface area contributed by atoms with Crippen LogP contribution in [0.2, 0.25) is 0 Å². The van der Waals surface area contributed by atoms with Gasteiger partial charge in [0.15, 0.2) is 10.8 Å². The van der Waals surface area contributed by atoms with Crippen LogP contribution < -0.4 is 10.9 Å². The number of nitrogens with one attached hydrogen (secondary N) is 1. The van der Waals surface area contributed by atoms with Crippen molar-refractivity contribution in [2.75, 3.05) is 5.32 Å². The van der Waals surface area contributed by atoms with Gasteiger partial charge in [-0.2, -0.15) is 4.52 Å². The Hall–Kier alpha value is -2.48. The van der Waals surface area contributed by atoms with Gasteiger partial charge in [-0.15, -0.1) is 11.3 Å². The molecule has 0 aliphatic heterocycles. The minimum Gasteiger partial charge on any atom is -0.296 e. The lowest BCUT2D eigenvalue weighted by atomic mass is 10.4. The molecule has 22 heavy (non-hydrogen) atoms. The molecular weight excluding hydrogens is 302 g/mol. The van der Waals surface area contributed by atoms with Crippen LogP contribution in [-0.4, -0.2) is 25.1 Å². The number of fused-ring (bicyclic) bond motifs is 1. The Balaban J connectivity index is 2.04. The molecule has 3 heterocycles. The van der Waals surface area contributed by atoms with Crippen molar-refractivity contribution in [1.82, 2.24) is 19.2 Å². The fourth-order valence-electron chi connectivity index (χ4n) is 2.24. The van der Waals surface area contributed by atoms with E-state index in [0.717, 1.165) is 10.6 Å². The summed E-state index contributed by atoms with van der Waals surface area (Å²) < 4.78 is 3.00. The summed E-state index contributed by atoms with van der Waals surface area (Å²) in [5.74, 6) is -0.305. The topological polar surface area (TPSA) is 81.3 Å². The highest BCUT2D eigenvalue weighted by atomic mass is 32.1. The molecule has 0 fully saturated rings. The second-order valence-electron chi connectivity index (χ2n) is 4.81. The Morgan fingerprint density at radius 2 is 2.18 bits per heavy atom. The minimum absolute atomic E-state index is 0.216. The van der Waals surface area contributed by atoms with E-state index in [0.29, 0.717) is 23.0 Å². The number of nitrogens with zero attached hydrogens (tertiary/aromatic N) is 4. The zero-order chi connectivity index (χ0) is 15.9. The van der Waals surface area contributed by atoms with E-state index in [4.69, 9.17) is 0 Å². The van der Waals surface area contributed by atoms with Crippen molar-refractivity contribution in [3.63, 3.8) is 0 Å². The number of hydrogen-bond donors (Lipinski definition) is 1. The highest BCUT2D eigenvalue weighted by molar-refractivity contribution is 7.15. The maximum absolute atomic E-state index is 12.5. The van der Waals surface area contributed by atoms with Gasteiger partial charge in [-0.3, -0.25) is 19.6 Å². The number of rotatable bonds is 3. The molecule has 8 heteroatoms. The van der Waals surface area contributed by atoms with Crippen molar-refractivity contribution in [2.24, 2.45) is 0 Å². The monoisotopic (exact) mass is 317 g/mol. The third kappa shape index (κ3) is 2.31. The summed E-state index contributed by atoms with van der Waals surface area (Å²) in [5, 5.41) is 3.33. The maximum atomic E-state index is 12.5. The van der Waals surface area contributed by atoms with Gasteiger partial charge in [0.25, 0.3) is 11.5 Å². The second kappa shape index (κ2) is 5.38. The molecule has 7 nitrogen and oxygen atoms in total. The number of carbonyl (C=O) groups is 1. The molecule has 0 bridgehead atoms. The van der Waals surface area contributed by atoms with E-state index >= 15 is 0 Å². The first-order chi connectivity index (χ1) is 10.5. The maximum Gasteiger partial charge on any atom is 0.275 e. The van der Waals surface area contributed by atoms with Gasteiger partial charge in [0, 0.05) is 29.8 Å². The smallest absolute Gasteiger partial charge is 0.275 e. The quantitative estimate of drug-likeness (QED) is 0.799. The summed E-state index contributed by atoms with van der Waals surface area (Å²) in [6.07, 6.45) is 1.44. The summed E-state index contributed by atoms with van der Waals surface area (Å²) in [7, 11) is 0. The molecule has 0 saturated carbocycles. The van der Waals surface area contributed by atoms with E-state index in [2.05, 4.69) is 15.3 Å². The molecule has 114 valence electrons. The summed E-state index contributed by atoms with van der Waals surface area (Å²) >= 11 is 1.42. The van der Waals surface area contributed by atoms with Crippen LogP contribution in [0.1, 0.15) is 28.0 Å². The highest BCUT2D eigenvalue weighted by Gasteiger charge is 2.17. The molecule has 3 aromatic rings. The Kier molecular flexibility index (Phi) is 3.53. The molecular formula is C14H15N5O2S. The van der Waals surface area contributed by atoms with Crippen molar-refractivity contribution in [3.05, 3.63) is 44.9 Å². The van der Waals surface area contributed by atoms with Crippen LogP contribution in [0.4, 0.5) is 5.13 Å². The first-order valence-electron chi connectivity index (χ1n) is 6.84. The molecule has 0 radical (unpaired) electrons. The van der Waals surface area contributed by atoms with Gasteiger partial charge >= 0.3 is 0 Å². The van der Waals surface area contributed by atoms with Crippen LogP contribution in [0, 0.1) is 13.8 Å². The van der Waals surface area contributed by atoms with E-state index in [-0.39, 0.29) is 11.5 Å². The van der Waals surface area contributed by atoms with Crippen LogP contribution in [0.25, 0.3) is 5.65 Å². The van der Waals surface area contributed by atoms with Gasteiger partial charge in [-0.25, -0.2) is 9.97 Å². The molecule has 0 atom stereocenters. The summed E-state index contributed by atoms with van der Waals surface area (Å²) in [6, 6.07) is 2.97. The number of hydrogen-bond acceptors (Lipinski definition) is 5. The van der Waals surface area contributed by atoms with Crippen molar-refractivity contribution in [2.45, 2.75) is 27.3 Å². The van der Waals surface area contributed by atoms with Gasteiger partial charge in [0.2, 0.25) is 0 Å². The van der Waals surface area contributed by atoms with Gasteiger partial charge in [0.1, 0.15) is 5.69 Å². The van der Waals surface area contributed by atoms with Crippen LogP contribution in [0.3, 0.4) is 0 Å². The van der Waals surface area contributed by atoms with Gasteiger partial charge in [-0.1, -0.05) is 0 Å². The number of anilines is 1. The number of aryl methyl sites for hydroxylation is 3. The standard InChI is InChI=1S/C14H15N5O2S/c1-4-18-10(7-11-15-6-5-12(20)19(11)18)13(21)17-14-16-8(2)9(3)22-14/h5-7H,4H2,1-3H3,(H,16,17,21). The largest absolute Gasteiger partial charge is 0.296 e. The fraction of sp³-hybridized carbons (Fsp3) is 0.286. The molecule has 3 rings (SSSR count). The lowest BCUT2D eigenvalue weighted by molar-refractivity contribution is 0.101. The van der Waals surface area contributed by atoms with Crippen molar-refractivity contribution in [3.8, 4) is 0 Å². The molecule has 1 amide bonds. The van der Waals surface area contributed by atoms with Gasteiger partial charge in [-0.05, 0) is 20.8 Å². The van der Waals surface area contributed by atoms with Crippen molar-refractivity contribution >= 4 is 28.0 Å². The Morgan fingerprint density at radius 1 is 1.41 bits per heavy atom. The molecule has 0 aliphatic rings. The summed E-state index contributed by atoms with van der Waals surface area (Å²) in [5.41, 5.74) is 1.51. The number of thiazole rings is 1. The van der Waals surface area contributed by atoms with Gasteiger partial charge in [0.05, 0.1) is 5.69 Å². The van der Waals surface area contributed by atoms with Crippen LogP contribution in [0.5, 0.6) is 0 Å². The molecule has 0 aromatic carbocycles. The van der Waals surface area contributed by atoms with E-state index in [9.17, 15) is 9.59 Å². The van der Waals surface area contributed by atoms with Crippen LogP contribution >= 0.6 is 11.3 Å². The molecule has 0 saturated heterocycles. The molecule has 0 spiro atoms. The summed E-state index contributed by atoms with van der Waals surface area (Å²) in [4.78, 5) is 33.9. The van der Waals surface area contributed by atoms with Crippen LogP contribution in [0.15, 0.2) is 23.1 Å². The molecule has 0 unspecified atom stereocenters. The van der Waals surface area contributed by atoms with Crippen molar-refractivity contribution < 1.29 is 4.79 Å². The number of amides is 1. The Morgan fingerprint density at radius 3 is 2.82 bits per heavy atom. The SMILES string of the molecule is CCn1c(C(=O)Nc2nc(C)c(C)s2)cc2nccc(=O)n21. The Labute approximate surface area is 130 Å². The normalized spacial score (nSPS) is 11.0. The average molecular weight is 317 g/mol. The van der Waals surface area contributed by atoms with E-state index in [1.807, 2.05) is 20.8 Å². The first kappa shape index (κ1) is 14.5. The van der Waals surface area contributed by atoms with Gasteiger partial charge < -0.3 is 0 Å². The van der Waals surface area contributed by atoms with E-state index < -0.39 is 0 Å². The third-order valence-electron chi connectivity index (χ3n) is 3.42. The number of aromatic nitrogens is 4. The van der Waals surface area contributed by atoms with Crippen LogP contribution in [-0.2, 0) is 6.54 Å². The molecule has 0 aliphatic carbocycles. The third-order valence-corrected chi connectivity index (χ3v) is 4.40. The fourth-order valence-corrected chi connectivity index (χ4v) is 3.05. The lowest BCUT2D eigenvalue weighted by Crippen LogP contribution is -2.24. The molecule has 1 N–H and O–H groups in total. The highest BCUT2D eigenvalue weighted by Crippen LogP contribution is 2.22. The summed E-state index contributed by atoms with van der Waals surface area (Å²) in [6.45, 7) is 6.20. The molecule has 3 aromatic heterocycles. The first-order valence-corrected chi connectivity index (χ1v) is 7.66. The second-order valence-corrected chi connectivity index (χ2v) is 6.02. The zero-order valence-corrected chi connectivity index (χ0v) is 13.3. The van der Waals surface area contributed by atoms with E-state index in [1.165, 1.54) is 28.1 Å². The predicted molar refractivity (Wildman–Crippen MR) is 84.7 cm³/mol. The Bertz CT molecular complexity index is 902. The van der Waals surface area contributed by atoms with E-state index in [1.54, 1.807) is 10.7 Å².